The zero-order valence-corrected chi connectivity index (χ0v) is 8.81. The van der Waals surface area contributed by atoms with Gasteiger partial charge in [0.1, 0.15) is 0 Å². The topological polar surface area (TPSA) is 48.1 Å². The van der Waals surface area contributed by atoms with Crippen LogP contribution >= 0.6 is 0 Å². The number of ether oxygens (including phenoxy) is 1. The van der Waals surface area contributed by atoms with Crippen LogP contribution in [0.4, 0.5) is 0 Å². The molecule has 0 saturated heterocycles. The lowest BCUT2D eigenvalue weighted by molar-refractivity contribution is 0.0684. The second-order valence-corrected chi connectivity index (χ2v) is 3.71. The summed E-state index contributed by atoms with van der Waals surface area (Å²) in [5, 5.41) is 0. The number of hydrogen-bond donors (Lipinski definition) is 1. The molecule has 0 bridgehead atoms. The molecular weight excluding hydrogens is 176 g/mol. The highest BCUT2D eigenvalue weighted by atomic mass is 16.5. The van der Waals surface area contributed by atoms with Gasteiger partial charge in [-0.25, -0.2) is 0 Å². The van der Waals surface area contributed by atoms with Crippen LogP contribution < -0.4 is 5.73 Å². The largest absolute Gasteiger partial charge is 0.377 e. The van der Waals surface area contributed by atoms with Crippen molar-refractivity contribution < 1.29 is 4.74 Å². The minimum Gasteiger partial charge on any atom is -0.377 e. The van der Waals surface area contributed by atoms with E-state index in [4.69, 9.17) is 10.5 Å². The van der Waals surface area contributed by atoms with E-state index in [1.807, 2.05) is 32.2 Å². The molecule has 1 aromatic rings. The molecule has 14 heavy (non-hydrogen) atoms. The summed E-state index contributed by atoms with van der Waals surface area (Å²) in [6.45, 7) is 4.63. The van der Waals surface area contributed by atoms with Gasteiger partial charge in [0.2, 0.25) is 0 Å². The second-order valence-electron chi connectivity index (χ2n) is 3.71. The van der Waals surface area contributed by atoms with Gasteiger partial charge in [-0.1, -0.05) is 6.07 Å². The van der Waals surface area contributed by atoms with Crippen molar-refractivity contribution in [2.45, 2.75) is 32.4 Å². The van der Waals surface area contributed by atoms with Crippen molar-refractivity contribution in [2.24, 2.45) is 5.73 Å². The molecule has 0 aliphatic carbocycles. The van der Waals surface area contributed by atoms with Gasteiger partial charge in [0, 0.05) is 18.4 Å². The average Bonchev–Trinajstić information content (AvgIpc) is 2.16. The quantitative estimate of drug-likeness (QED) is 0.770. The molecule has 1 atom stereocenters. The van der Waals surface area contributed by atoms with E-state index in [-0.39, 0.29) is 12.1 Å². The van der Waals surface area contributed by atoms with E-state index >= 15 is 0 Å². The zero-order chi connectivity index (χ0) is 10.4. The molecule has 0 aliphatic heterocycles. The molecule has 0 aliphatic rings. The molecule has 1 rings (SSSR count). The van der Waals surface area contributed by atoms with Gasteiger partial charge in [-0.2, -0.15) is 0 Å². The molecule has 2 N–H and O–H groups in total. The Morgan fingerprint density at radius 1 is 1.50 bits per heavy atom. The van der Waals surface area contributed by atoms with Gasteiger partial charge in [-0.3, -0.25) is 4.98 Å². The Balaban J connectivity index is 2.30. The summed E-state index contributed by atoms with van der Waals surface area (Å²) < 4.78 is 5.43. The van der Waals surface area contributed by atoms with Crippen molar-refractivity contribution in [3.05, 3.63) is 30.1 Å². The maximum atomic E-state index is 5.90. The Morgan fingerprint density at radius 2 is 2.29 bits per heavy atom. The van der Waals surface area contributed by atoms with Crippen LogP contribution in [0.1, 0.15) is 19.4 Å². The van der Waals surface area contributed by atoms with Gasteiger partial charge < -0.3 is 10.5 Å². The van der Waals surface area contributed by atoms with Crippen molar-refractivity contribution in [2.75, 3.05) is 6.61 Å². The van der Waals surface area contributed by atoms with E-state index in [1.165, 1.54) is 0 Å². The lowest BCUT2D eigenvalue weighted by Crippen LogP contribution is -2.30. The van der Waals surface area contributed by atoms with Crippen LogP contribution in [0.2, 0.25) is 0 Å². The SMILES string of the molecule is CC(C)OCC(N)Cc1cccnc1. The third kappa shape index (κ3) is 4.35. The van der Waals surface area contributed by atoms with Crippen molar-refractivity contribution in [1.82, 2.24) is 4.98 Å². The summed E-state index contributed by atoms with van der Waals surface area (Å²) in [4.78, 5) is 4.04. The first kappa shape index (κ1) is 11.1. The second kappa shape index (κ2) is 5.73. The summed E-state index contributed by atoms with van der Waals surface area (Å²) in [6.07, 6.45) is 4.67. The van der Waals surface area contributed by atoms with E-state index in [0.29, 0.717) is 6.61 Å². The minimum absolute atomic E-state index is 0.0570. The molecule has 0 spiro atoms. The monoisotopic (exact) mass is 194 g/mol. The highest BCUT2D eigenvalue weighted by Gasteiger charge is 2.05. The van der Waals surface area contributed by atoms with Crippen LogP contribution in [-0.4, -0.2) is 23.7 Å². The third-order valence-electron chi connectivity index (χ3n) is 1.86. The van der Waals surface area contributed by atoms with Gasteiger partial charge in [0.05, 0.1) is 12.7 Å². The fourth-order valence-corrected chi connectivity index (χ4v) is 1.20. The van der Waals surface area contributed by atoms with Crippen molar-refractivity contribution in [3.63, 3.8) is 0 Å². The number of hydrogen-bond acceptors (Lipinski definition) is 3. The van der Waals surface area contributed by atoms with Crippen LogP contribution in [0.3, 0.4) is 0 Å². The van der Waals surface area contributed by atoms with Crippen molar-refractivity contribution >= 4 is 0 Å². The molecule has 0 saturated carbocycles. The van der Waals surface area contributed by atoms with Gasteiger partial charge in [0.15, 0.2) is 0 Å². The summed E-state index contributed by atoms with van der Waals surface area (Å²) in [7, 11) is 0. The number of rotatable bonds is 5. The lowest BCUT2D eigenvalue weighted by Gasteiger charge is -2.13. The summed E-state index contributed by atoms with van der Waals surface area (Å²) in [5.74, 6) is 0. The van der Waals surface area contributed by atoms with Gasteiger partial charge >= 0.3 is 0 Å². The Hall–Kier alpha value is -0.930. The first-order chi connectivity index (χ1) is 6.68. The Kier molecular flexibility index (Phi) is 4.56. The molecule has 3 heteroatoms. The molecule has 0 fully saturated rings. The summed E-state index contributed by atoms with van der Waals surface area (Å²) >= 11 is 0. The number of nitrogens with two attached hydrogens (primary N) is 1. The Morgan fingerprint density at radius 3 is 2.86 bits per heavy atom. The fraction of sp³-hybridized carbons (Fsp3) is 0.545. The summed E-state index contributed by atoms with van der Waals surface area (Å²) in [5.41, 5.74) is 7.06. The predicted molar refractivity (Wildman–Crippen MR) is 57.0 cm³/mol. The molecule has 0 aromatic carbocycles. The molecule has 0 radical (unpaired) electrons. The standard InChI is InChI=1S/C11H18N2O/c1-9(2)14-8-11(12)6-10-4-3-5-13-7-10/h3-5,7,9,11H,6,8,12H2,1-2H3. The number of aromatic nitrogens is 1. The molecule has 1 aromatic heterocycles. The van der Waals surface area contributed by atoms with E-state index < -0.39 is 0 Å². The molecule has 3 nitrogen and oxygen atoms in total. The Bertz CT molecular complexity index is 249. The minimum atomic E-state index is 0.0570. The van der Waals surface area contributed by atoms with E-state index in [0.717, 1.165) is 12.0 Å². The van der Waals surface area contributed by atoms with E-state index in [2.05, 4.69) is 4.98 Å². The van der Waals surface area contributed by atoms with Gasteiger partial charge in [-0.15, -0.1) is 0 Å². The maximum absolute atomic E-state index is 5.90. The van der Waals surface area contributed by atoms with Crippen LogP contribution in [0.5, 0.6) is 0 Å². The van der Waals surface area contributed by atoms with Crippen LogP contribution in [-0.2, 0) is 11.2 Å². The van der Waals surface area contributed by atoms with E-state index in [9.17, 15) is 0 Å². The first-order valence-electron chi connectivity index (χ1n) is 4.94. The van der Waals surface area contributed by atoms with Crippen LogP contribution in [0.25, 0.3) is 0 Å². The molecule has 1 heterocycles. The predicted octanol–water partition coefficient (Wildman–Crippen LogP) is 1.38. The molecule has 78 valence electrons. The maximum Gasteiger partial charge on any atom is 0.0624 e. The van der Waals surface area contributed by atoms with Crippen molar-refractivity contribution in [1.29, 1.82) is 0 Å². The first-order valence-corrected chi connectivity index (χ1v) is 4.94. The highest BCUT2D eigenvalue weighted by Crippen LogP contribution is 2.01. The lowest BCUT2D eigenvalue weighted by atomic mass is 10.1. The van der Waals surface area contributed by atoms with Crippen molar-refractivity contribution in [3.8, 4) is 0 Å². The molecule has 0 amide bonds. The number of pyridine rings is 1. The Labute approximate surface area is 85.3 Å². The number of nitrogens with zero attached hydrogens (tertiary/aromatic N) is 1. The van der Waals surface area contributed by atoms with Crippen LogP contribution in [0.15, 0.2) is 24.5 Å². The third-order valence-corrected chi connectivity index (χ3v) is 1.86. The average molecular weight is 194 g/mol. The molecule has 1 unspecified atom stereocenters. The normalized spacial score (nSPS) is 13.1. The fourth-order valence-electron chi connectivity index (χ4n) is 1.20. The van der Waals surface area contributed by atoms with E-state index in [1.54, 1.807) is 6.20 Å². The highest BCUT2D eigenvalue weighted by molar-refractivity contribution is 5.09. The smallest absolute Gasteiger partial charge is 0.0624 e. The summed E-state index contributed by atoms with van der Waals surface area (Å²) in [6, 6.07) is 4.01. The van der Waals surface area contributed by atoms with Gasteiger partial charge in [-0.05, 0) is 31.9 Å². The van der Waals surface area contributed by atoms with Crippen LogP contribution in [0, 0.1) is 0 Å². The van der Waals surface area contributed by atoms with Gasteiger partial charge in [0.25, 0.3) is 0 Å². The molecular formula is C11H18N2O. The zero-order valence-electron chi connectivity index (χ0n) is 8.81.